The first-order valence-electron chi connectivity index (χ1n) is 5.71. The molecule has 0 bridgehead atoms. The monoisotopic (exact) mass is 285 g/mol. The molecule has 0 spiro atoms. The van der Waals surface area contributed by atoms with E-state index >= 15 is 0 Å². The van der Waals surface area contributed by atoms with Crippen molar-refractivity contribution in [1.82, 2.24) is 5.32 Å². The summed E-state index contributed by atoms with van der Waals surface area (Å²) >= 11 is 1.11. The van der Waals surface area contributed by atoms with Gasteiger partial charge in [-0.1, -0.05) is 18.2 Å². The molecule has 1 amide bonds. The highest BCUT2D eigenvalue weighted by atomic mass is 32.2. The van der Waals surface area contributed by atoms with Crippen molar-refractivity contribution in [2.75, 3.05) is 11.5 Å². The van der Waals surface area contributed by atoms with Crippen molar-refractivity contribution in [3.63, 3.8) is 0 Å². The van der Waals surface area contributed by atoms with Gasteiger partial charge in [-0.25, -0.2) is 8.42 Å². The summed E-state index contributed by atoms with van der Waals surface area (Å²) in [5.74, 6) is 0.236. The molecule has 1 saturated heterocycles. The molecule has 1 aliphatic heterocycles. The molecule has 0 saturated carbocycles. The summed E-state index contributed by atoms with van der Waals surface area (Å²) < 4.78 is 22.6. The molecular weight excluding hydrogens is 270 g/mol. The van der Waals surface area contributed by atoms with Gasteiger partial charge in [0.05, 0.1) is 11.5 Å². The second-order valence-corrected chi connectivity index (χ2v) is 7.64. The lowest BCUT2D eigenvalue weighted by atomic mass is 10.2. The van der Waals surface area contributed by atoms with E-state index in [2.05, 4.69) is 5.32 Å². The predicted molar refractivity (Wildman–Crippen MR) is 72.6 cm³/mol. The van der Waals surface area contributed by atoms with Gasteiger partial charge < -0.3 is 5.32 Å². The Hall–Kier alpha value is -1.01. The van der Waals surface area contributed by atoms with Crippen LogP contribution in [0.15, 0.2) is 29.2 Å². The fourth-order valence-electron chi connectivity index (χ4n) is 1.88. The zero-order valence-corrected chi connectivity index (χ0v) is 11.7. The largest absolute Gasteiger partial charge is 0.343 e. The molecule has 18 heavy (non-hydrogen) atoms. The van der Waals surface area contributed by atoms with Crippen LogP contribution in [0.1, 0.15) is 12.0 Å². The molecule has 6 heteroatoms. The smallest absolute Gasteiger partial charge is 0.284 e. The zero-order chi connectivity index (χ0) is 13.2. The van der Waals surface area contributed by atoms with Crippen molar-refractivity contribution >= 4 is 26.8 Å². The summed E-state index contributed by atoms with van der Waals surface area (Å²) in [5.41, 5.74) is 1.04. The topological polar surface area (TPSA) is 63.2 Å². The zero-order valence-electron chi connectivity index (χ0n) is 10.0. The molecular formula is C12H15NO3S2. The Labute approximate surface area is 111 Å². The van der Waals surface area contributed by atoms with Crippen LogP contribution in [0.5, 0.6) is 0 Å². The highest BCUT2D eigenvalue weighted by molar-refractivity contribution is 8.13. The van der Waals surface area contributed by atoms with Gasteiger partial charge in [-0.2, -0.15) is 0 Å². The number of hydrogen-bond acceptors (Lipinski definition) is 4. The van der Waals surface area contributed by atoms with Crippen molar-refractivity contribution in [3.8, 4) is 0 Å². The SMILES string of the molecule is Cc1ccccc1SC(=O)NC1CCS(=O)(=O)C1. The maximum absolute atomic E-state index is 11.8. The van der Waals surface area contributed by atoms with Gasteiger partial charge in [-0.15, -0.1) is 0 Å². The number of rotatable bonds is 2. The molecule has 2 rings (SSSR count). The van der Waals surface area contributed by atoms with Gasteiger partial charge in [-0.05, 0) is 36.7 Å². The van der Waals surface area contributed by atoms with E-state index in [1.165, 1.54) is 0 Å². The van der Waals surface area contributed by atoms with Crippen LogP contribution in [0.25, 0.3) is 0 Å². The minimum Gasteiger partial charge on any atom is -0.343 e. The number of amides is 1. The molecule has 0 aliphatic carbocycles. The number of carbonyl (C=O) groups is 1. The first-order chi connectivity index (χ1) is 8.46. The van der Waals surface area contributed by atoms with Crippen LogP contribution >= 0.6 is 11.8 Å². The molecule has 1 atom stereocenters. The molecule has 0 aromatic heterocycles. The van der Waals surface area contributed by atoms with Gasteiger partial charge in [0.1, 0.15) is 0 Å². The third kappa shape index (κ3) is 3.49. The molecule has 4 nitrogen and oxygen atoms in total. The van der Waals surface area contributed by atoms with Crippen LogP contribution in [0.3, 0.4) is 0 Å². The number of benzene rings is 1. The first-order valence-corrected chi connectivity index (χ1v) is 8.34. The van der Waals surface area contributed by atoms with Crippen LogP contribution in [0, 0.1) is 6.92 Å². The molecule has 1 aliphatic rings. The molecule has 1 unspecified atom stereocenters. The van der Waals surface area contributed by atoms with Gasteiger partial charge in [0.15, 0.2) is 9.84 Å². The van der Waals surface area contributed by atoms with E-state index in [1.54, 1.807) is 0 Å². The van der Waals surface area contributed by atoms with E-state index in [-0.39, 0.29) is 22.8 Å². The van der Waals surface area contributed by atoms with E-state index in [0.717, 1.165) is 22.2 Å². The van der Waals surface area contributed by atoms with Gasteiger partial charge in [0.2, 0.25) is 0 Å². The van der Waals surface area contributed by atoms with Crippen LogP contribution in [0.2, 0.25) is 0 Å². The van der Waals surface area contributed by atoms with E-state index in [9.17, 15) is 13.2 Å². The lowest BCUT2D eigenvalue weighted by molar-refractivity contribution is 0.258. The third-order valence-electron chi connectivity index (χ3n) is 2.85. The Morgan fingerprint density at radius 2 is 2.11 bits per heavy atom. The summed E-state index contributed by atoms with van der Waals surface area (Å²) in [6.07, 6.45) is 0.516. The average Bonchev–Trinajstić information content (AvgIpc) is 2.61. The minimum atomic E-state index is -2.95. The molecule has 1 aromatic rings. The standard InChI is InChI=1S/C12H15NO3S2/c1-9-4-2-3-5-11(9)17-12(14)13-10-6-7-18(15,16)8-10/h2-5,10H,6-8H2,1H3,(H,13,14). The van der Waals surface area contributed by atoms with Crippen molar-refractivity contribution in [1.29, 1.82) is 0 Å². The van der Waals surface area contributed by atoms with Gasteiger partial charge in [0.25, 0.3) is 5.24 Å². The number of hydrogen-bond donors (Lipinski definition) is 1. The van der Waals surface area contributed by atoms with Gasteiger partial charge in [0, 0.05) is 10.9 Å². The number of carbonyl (C=O) groups excluding carboxylic acids is 1. The second-order valence-electron chi connectivity index (χ2n) is 4.40. The normalized spacial score (nSPS) is 21.7. The maximum Gasteiger partial charge on any atom is 0.284 e. The van der Waals surface area contributed by atoms with E-state index in [0.29, 0.717) is 6.42 Å². The molecule has 0 radical (unpaired) electrons. The number of sulfone groups is 1. The third-order valence-corrected chi connectivity index (χ3v) is 5.60. The highest BCUT2D eigenvalue weighted by Gasteiger charge is 2.29. The summed E-state index contributed by atoms with van der Waals surface area (Å²) in [6, 6.07) is 7.38. The molecule has 98 valence electrons. The predicted octanol–water partition coefficient (Wildman–Crippen LogP) is 1.98. The average molecular weight is 285 g/mol. The Kier molecular flexibility index (Phi) is 3.97. The van der Waals surface area contributed by atoms with Gasteiger partial charge in [-0.3, -0.25) is 4.79 Å². The summed E-state index contributed by atoms with van der Waals surface area (Å²) in [4.78, 5) is 12.7. The fourth-order valence-corrected chi connectivity index (χ4v) is 4.35. The van der Waals surface area contributed by atoms with Crippen molar-refractivity contribution in [2.45, 2.75) is 24.3 Å². The molecule has 1 fully saturated rings. The molecule has 1 N–H and O–H groups in total. The number of thioether (sulfide) groups is 1. The number of aryl methyl sites for hydroxylation is 1. The lowest BCUT2D eigenvalue weighted by Crippen LogP contribution is -2.32. The Morgan fingerprint density at radius 1 is 1.39 bits per heavy atom. The van der Waals surface area contributed by atoms with E-state index in [1.807, 2.05) is 31.2 Å². The Morgan fingerprint density at radius 3 is 2.72 bits per heavy atom. The lowest BCUT2D eigenvalue weighted by Gasteiger charge is -2.10. The maximum atomic E-state index is 11.8. The fraction of sp³-hybridized carbons (Fsp3) is 0.417. The number of nitrogens with one attached hydrogen (secondary N) is 1. The van der Waals surface area contributed by atoms with E-state index < -0.39 is 9.84 Å². The van der Waals surface area contributed by atoms with Crippen LogP contribution in [-0.4, -0.2) is 31.2 Å². The highest BCUT2D eigenvalue weighted by Crippen LogP contribution is 2.23. The Bertz CT molecular complexity index is 554. The van der Waals surface area contributed by atoms with Crippen LogP contribution in [-0.2, 0) is 9.84 Å². The first kappa shape index (κ1) is 13.4. The minimum absolute atomic E-state index is 0.0626. The summed E-state index contributed by atoms with van der Waals surface area (Å²) in [7, 11) is -2.95. The van der Waals surface area contributed by atoms with Crippen LogP contribution < -0.4 is 5.32 Å². The Balaban J connectivity index is 1.92. The summed E-state index contributed by atoms with van der Waals surface area (Å²) in [5, 5.41) is 2.57. The van der Waals surface area contributed by atoms with Crippen LogP contribution in [0.4, 0.5) is 4.79 Å². The van der Waals surface area contributed by atoms with Crippen molar-refractivity contribution in [3.05, 3.63) is 29.8 Å². The molecule has 1 aromatic carbocycles. The van der Waals surface area contributed by atoms with Crippen molar-refractivity contribution in [2.24, 2.45) is 0 Å². The summed E-state index contributed by atoms with van der Waals surface area (Å²) in [6.45, 7) is 1.94. The van der Waals surface area contributed by atoms with Crippen molar-refractivity contribution < 1.29 is 13.2 Å². The molecule has 1 heterocycles. The van der Waals surface area contributed by atoms with E-state index in [4.69, 9.17) is 0 Å². The quantitative estimate of drug-likeness (QED) is 0.844. The second kappa shape index (κ2) is 5.32. The van der Waals surface area contributed by atoms with Gasteiger partial charge >= 0.3 is 0 Å².